The molecule has 6 heteroatoms. The Kier molecular flexibility index (Phi) is 20.4. The Hall–Kier alpha value is -0.910. The molecular formula is C9H20O5S. The molecule has 0 aromatic rings. The van der Waals surface area contributed by atoms with E-state index in [0.29, 0.717) is 6.61 Å². The van der Waals surface area contributed by atoms with Crippen LogP contribution in [0.3, 0.4) is 0 Å². The van der Waals surface area contributed by atoms with Crippen LogP contribution in [0.5, 0.6) is 0 Å². The van der Waals surface area contributed by atoms with Gasteiger partial charge >= 0.3 is 11.9 Å². The van der Waals surface area contributed by atoms with Crippen molar-refractivity contribution in [3.63, 3.8) is 0 Å². The standard InChI is InChI=1S/C4H8O2.C3H6O2.C2H6OS/c1-3-6-4(2)5;1-3(4)5-2;1-4(2)3/h3H2,1-2H3;1-2H3;1-2H3. The monoisotopic (exact) mass is 240 g/mol. The molecule has 0 amide bonds. The number of rotatable bonds is 1. The molecule has 0 aliphatic heterocycles. The number of carbonyl (C=O) groups is 2. The van der Waals surface area contributed by atoms with Gasteiger partial charge in [0.15, 0.2) is 0 Å². The third kappa shape index (κ3) is 96.2. The van der Waals surface area contributed by atoms with Crippen molar-refractivity contribution < 1.29 is 23.3 Å². The maximum Gasteiger partial charge on any atom is 0.302 e. The van der Waals surface area contributed by atoms with Crippen molar-refractivity contribution >= 4 is 22.7 Å². The first kappa shape index (κ1) is 19.6. The van der Waals surface area contributed by atoms with Crippen LogP contribution in [0.2, 0.25) is 0 Å². The third-order valence-corrected chi connectivity index (χ3v) is 0.635. The van der Waals surface area contributed by atoms with E-state index in [0.717, 1.165) is 0 Å². The van der Waals surface area contributed by atoms with Gasteiger partial charge in [0.25, 0.3) is 0 Å². The minimum absolute atomic E-state index is 0.211. The van der Waals surface area contributed by atoms with Crippen LogP contribution in [0, 0.1) is 0 Å². The van der Waals surface area contributed by atoms with Crippen LogP contribution >= 0.6 is 0 Å². The highest BCUT2D eigenvalue weighted by atomic mass is 32.2. The molecule has 0 aromatic carbocycles. The Morgan fingerprint density at radius 3 is 1.40 bits per heavy atom. The minimum atomic E-state index is -0.611. The van der Waals surface area contributed by atoms with Crippen LogP contribution in [0.25, 0.3) is 0 Å². The van der Waals surface area contributed by atoms with Crippen molar-refractivity contribution in [3.05, 3.63) is 0 Å². The Morgan fingerprint density at radius 2 is 1.40 bits per heavy atom. The number of methoxy groups -OCH3 is 1. The lowest BCUT2D eigenvalue weighted by molar-refractivity contribution is -0.140. The molecule has 0 saturated heterocycles. The van der Waals surface area contributed by atoms with E-state index in [1.807, 2.05) is 0 Å². The first-order chi connectivity index (χ1) is 6.77. The van der Waals surface area contributed by atoms with Crippen molar-refractivity contribution in [3.8, 4) is 0 Å². The normalized spacial score (nSPS) is 7.67. The fourth-order valence-corrected chi connectivity index (χ4v) is 0.203. The molecule has 0 rings (SSSR count). The smallest absolute Gasteiger partial charge is 0.302 e. The molecule has 0 aliphatic carbocycles. The summed E-state index contributed by atoms with van der Waals surface area (Å²) in [6.45, 7) is 5.01. The molecule has 0 atom stereocenters. The second-order valence-electron chi connectivity index (χ2n) is 2.36. The van der Waals surface area contributed by atoms with E-state index in [-0.39, 0.29) is 11.9 Å². The van der Waals surface area contributed by atoms with Crippen molar-refractivity contribution in [1.29, 1.82) is 0 Å². The summed E-state index contributed by atoms with van der Waals surface area (Å²) in [5.74, 6) is -0.456. The molecule has 0 N–H and O–H groups in total. The molecule has 0 aliphatic rings. The zero-order valence-corrected chi connectivity index (χ0v) is 11.0. The largest absolute Gasteiger partial charge is 0.469 e. The summed E-state index contributed by atoms with van der Waals surface area (Å²) in [7, 11) is 0.738. The van der Waals surface area contributed by atoms with Crippen LogP contribution in [-0.4, -0.2) is 42.4 Å². The molecule has 0 radical (unpaired) electrons. The minimum Gasteiger partial charge on any atom is -0.469 e. The summed E-state index contributed by atoms with van der Waals surface area (Å²) in [5.41, 5.74) is 0. The Bertz CT molecular complexity index is 187. The zero-order valence-electron chi connectivity index (χ0n) is 10.2. The van der Waals surface area contributed by atoms with Gasteiger partial charge in [0.05, 0.1) is 13.7 Å². The predicted molar refractivity (Wildman–Crippen MR) is 60.0 cm³/mol. The summed E-state index contributed by atoms with van der Waals surface area (Å²) < 4.78 is 18.1. The molecule has 0 unspecified atom stereocenters. The highest BCUT2D eigenvalue weighted by Gasteiger charge is 1.81. The molecule has 0 spiro atoms. The molecule has 15 heavy (non-hydrogen) atoms. The number of hydrogen-bond donors (Lipinski definition) is 0. The third-order valence-electron chi connectivity index (χ3n) is 0.635. The van der Waals surface area contributed by atoms with E-state index >= 15 is 0 Å². The van der Waals surface area contributed by atoms with Gasteiger partial charge in [0.1, 0.15) is 0 Å². The number of hydrogen-bond acceptors (Lipinski definition) is 5. The zero-order chi connectivity index (χ0) is 12.9. The first-order valence-corrected chi connectivity index (χ1v) is 6.17. The van der Waals surface area contributed by atoms with Crippen LogP contribution in [0.15, 0.2) is 0 Å². The number of esters is 2. The molecule has 0 fully saturated rings. The average molecular weight is 240 g/mol. The van der Waals surface area contributed by atoms with Gasteiger partial charge in [-0.1, -0.05) is 0 Å². The first-order valence-electron chi connectivity index (χ1n) is 4.20. The summed E-state index contributed by atoms with van der Waals surface area (Å²) in [6, 6.07) is 0. The summed E-state index contributed by atoms with van der Waals surface area (Å²) in [5, 5.41) is 0. The van der Waals surface area contributed by atoms with Gasteiger partial charge in [-0.3, -0.25) is 13.8 Å². The molecule has 0 aromatic heterocycles. The molecular weight excluding hydrogens is 220 g/mol. The molecule has 0 bridgehead atoms. The average Bonchev–Trinajstić information content (AvgIpc) is 2.03. The molecule has 92 valence electrons. The van der Waals surface area contributed by atoms with E-state index in [9.17, 15) is 13.8 Å². The summed E-state index contributed by atoms with van der Waals surface area (Å²) in [4.78, 5) is 19.4. The highest BCUT2D eigenvalue weighted by molar-refractivity contribution is 7.83. The maximum atomic E-state index is 9.82. The van der Waals surface area contributed by atoms with Crippen molar-refractivity contribution in [2.24, 2.45) is 0 Å². The van der Waals surface area contributed by atoms with Crippen LogP contribution in [0.1, 0.15) is 20.8 Å². The van der Waals surface area contributed by atoms with Gasteiger partial charge in [0, 0.05) is 37.2 Å². The summed E-state index contributed by atoms with van der Waals surface area (Å²) in [6.07, 6.45) is 3.28. The van der Waals surface area contributed by atoms with Gasteiger partial charge in [0.2, 0.25) is 0 Å². The summed E-state index contributed by atoms with van der Waals surface area (Å²) >= 11 is 0. The van der Waals surface area contributed by atoms with Gasteiger partial charge in [-0.25, -0.2) is 0 Å². The Balaban J connectivity index is -0.000000147. The van der Waals surface area contributed by atoms with Crippen molar-refractivity contribution in [2.75, 3.05) is 26.2 Å². The van der Waals surface area contributed by atoms with Crippen molar-refractivity contribution in [1.82, 2.24) is 0 Å². The van der Waals surface area contributed by atoms with Crippen LogP contribution < -0.4 is 0 Å². The topological polar surface area (TPSA) is 69.7 Å². The maximum absolute atomic E-state index is 9.82. The lowest BCUT2D eigenvalue weighted by atomic mass is 10.8. The number of ether oxygens (including phenoxy) is 2. The van der Waals surface area contributed by atoms with E-state index in [4.69, 9.17) is 0 Å². The fourth-order valence-electron chi connectivity index (χ4n) is 0.203. The molecule has 5 nitrogen and oxygen atoms in total. The van der Waals surface area contributed by atoms with Gasteiger partial charge in [-0.2, -0.15) is 0 Å². The van der Waals surface area contributed by atoms with Gasteiger partial charge in [-0.15, -0.1) is 0 Å². The molecule has 0 heterocycles. The van der Waals surface area contributed by atoms with Gasteiger partial charge < -0.3 is 9.47 Å². The van der Waals surface area contributed by atoms with Crippen LogP contribution in [-0.2, 0) is 29.9 Å². The molecule has 0 saturated carbocycles. The quantitative estimate of drug-likeness (QED) is 0.632. The van der Waals surface area contributed by atoms with E-state index in [1.165, 1.54) is 21.0 Å². The van der Waals surface area contributed by atoms with E-state index < -0.39 is 10.8 Å². The van der Waals surface area contributed by atoms with E-state index in [2.05, 4.69) is 9.47 Å². The van der Waals surface area contributed by atoms with Crippen LogP contribution in [0.4, 0.5) is 0 Å². The predicted octanol–water partition coefficient (Wildman–Crippen LogP) is 0.743. The fraction of sp³-hybridized carbons (Fsp3) is 0.778. The lowest BCUT2D eigenvalue weighted by Crippen LogP contribution is -1.95. The van der Waals surface area contributed by atoms with Crippen molar-refractivity contribution in [2.45, 2.75) is 20.8 Å². The van der Waals surface area contributed by atoms with Gasteiger partial charge in [-0.05, 0) is 6.92 Å². The second-order valence-corrected chi connectivity index (χ2v) is 3.85. The SMILES string of the molecule is CCOC(C)=O.COC(C)=O.CS(C)=O. The highest BCUT2D eigenvalue weighted by Crippen LogP contribution is 1.69. The Morgan fingerprint density at radius 1 is 1.13 bits per heavy atom. The number of carbonyl (C=O) groups excluding carboxylic acids is 2. The van der Waals surface area contributed by atoms with E-state index in [1.54, 1.807) is 19.4 Å². The lowest BCUT2D eigenvalue weighted by Gasteiger charge is -1.89. The Labute approximate surface area is 93.6 Å². The second kappa shape index (κ2) is 15.6.